The Balaban J connectivity index is 1.49. The van der Waals surface area contributed by atoms with Crippen LogP contribution in [0.1, 0.15) is 23.0 Å². The van der Waals surface area contributed by atoms with E-state index in [2.05, 4.69) is 15.5 Å². The number of aromatic nitrogens is 2. The molecule has 4 rings (SSSR count). The Morgan fingerprint density at radius 2 is 1.93 bits per heavy atom. The zero-order valence-electron chi connectivity index (χ0n) is 15.6. The van der Waals surface area contributed by atoms with Crippen LogP contribution in [-0.2, 0) is 6.42 Å². The average Bonchev–Trinajstić information content (AvgIpc) is 3.40. The second kappa shape index (κ2) is 8.10. The maximum Gasteiger partial charge on any atom is 0.258 e. The van der Waals surface area contributed by atoms with E-state index >= 15 is 0 Å². The normalized spacial score (nSPS) is 11.9. The Morgan fingerprint density at radius 1 is 1.10 bits per heavy atom. The van der Waals surface area contributed by atoms with E-state index in [-0.39, 0.29) is 29.5 Å². The lowest BCUT2D eigenvalue weighted by atomic mass is 10.1. The summed E-state index contributed by atoms with van der Waals surface area (Å²) < 4.78 is 24.0. The van der Waals surface area contributed by atoms with Gasteiger partial charge in [-0.1, -0.05) is 23.4 Å². The van der Waals surface area contributed by atoms with Gasteiger partial charge in [-0.25, -0.2) is 4.39 Å². The lowest BCUT2D eigenvalue weighted by Gasteiger charge is -2.12. The van der Waals surface area contributed by atoms with Crippen LogP contribution in [0.5, 0.6) is 0 Å². The Morgan fingerprint density at radius 3 is 2.72 bits per heavy atom. The number of furan rings is 1. The van der Waals surface area contributed by atoms with E-state index in [0.717, 1.165) is 5.76 Å². The SMILES string of the molecule is C[C@@H](Cc1ccco1)NC(=O)c1cccc(-c2nc(-c3cccc(F)c3)no2)c1. The van der Waals surface area contributed by atoms with Gasteiger partial charge in [0.2, 0.25) is 5.82 Å². The van der Waals surface area contributed by atoms with Crippen molar-refractivity contribution >= 4 is 5.91 Å². The molecule has 4 aromatic rings. The molecule has 1 amide bonds. The number of halogens is 1. The van der Waals surface area contributed by atoms with Crippen molar-refractivity contribution in [1.82, 2.24) is 15.5 Å². The summed E-state index contributed by atoms with van der Waals surface area (Å²) in [4.78, 5) is 16.9. The van der Waals surface area contributed by atoms with Crippen LogP contribution < -0.4 is 5.32 Å². The molecule has 2 aromatic carbocycles. The van der Waals surface area contributed by atoms with E-state index < -0.39 is 0 Å². The fraction of sp³-hybridized carbons (Fsp3) is 0.136. The average molecular weight is 391 g/mol. The number of carbonyl (C=O) groups is 1. The molecule has 7 heteroatoms. The molecule has 0 aliphatic rings. The summed E-state index contributed by atoms with van der Waals surface area (Å²) in [6.45, 7) is 1.91. The number of carbonyl (C=O) groups excluding carboxylic acids is 1. The highest BCUT2D eigenvalue weighted by Gasteiger charge is 2.15. The molecule has 0 saturated heterocycles. The second-order valence-electron chi connectivity index (χ2n) is 6.67. The van der Waals surface area contributed by atoms with E-state index in [1.807, 2.05) is 19.1 Å². The predicted octanol–water partition coefficient (Wildman–Crippen LogP) is 4.50. The molecule has 0 bridgehead atoms. The quantitative estimate of drug-likeness (QED) is 0.523. The lowest BCUT2D eigenvalue weighted by molar-refractivity contribution is 0.0939. The van der Waals surface area contributed by atoms with Crippen LogP contribution in [0.15, 0.2) is 75.9 Å². The van der Waals surface area contributed by atoms with Gasteiger partial charge in [0.05, 0.1) is 6.26 Å². The first-order valence-corrected chi connectivity index (χ1v) is 9.12. The summed E-state index contributed by atoms with van der Waals surface area (Å²) in [7, 11) is 0. The van der Waals surface area contributed by atoms with Gasteiger partial charge in [-0.3, -0.25) is 4.79 Å². The van der Waals surface area contributed by atoms with Gasteiger partial charge in [-0.15, -0.1) is 0 Å². The fourth-order valence-corrected chi connectivity index (χ4v) is 2.97. The van der Waals surface area contributed by atoms with Crippen LogP contribution in [0.25, 0.3) is 22.8 Å². The van der Waals surface area contributed by atoms with Crippen molar-refractivity contribution in [2.24, 2.45) is 0 Å². The zero-order valence-corrected chi connectivity index (χ0v) is 15.6. The molecule has 0 saturated carbocycles. The molecule has 0 fully saturated rings. The highest BCUT2D eigenvalue weighted by Crippen LogP contribution is 2.23. The van der Waals surface area contributed by atoms with Crippen LogP contribution in [0, 0.1) is 5.82 Å². The van der Waals surface area contributed by atoms with Crippen molar-refractivity contribution in [3.63, 3.8) is 0 Å². The van der Waals surface area contributed by atoms with Gasteiger partial charge in [0.25, 0.3) is 11.8 Å². The molecule has 0 aliphatic carbocycles. The molecule has 29 heavy (non-hydrogen) atoms. The largest absolute Gasteiger partial charge is 0.469 e. The number of nitrogens with zero attached hydrogens (tertiary/aromatic N) is 2. The summed E-state index contributed by atoms with van der Waals surface area (Å²) >= 11 is 0. The zero-order chi connectivity index (χ0) is 20.2. The van der Waals surface area contributed by atoms with Crippen LogP contribution in [-0.4, -0.2) is 22.1 Å². The van der Waals surface area contributed by atoms with Gasteiger partial charge in [-0.05, 0) is 49.4 Å². The molecular weight excluding hydrogens is 373 g/mol. The molecule has 0 spiro atoms. The molecule has 0 aliphatic heterocycles. The monoisotopic (exact) mass is 391 g/mol. The van der Waals surface area contributed by atoms with Crippen molar-refractivity contribution in [2.45, 2.75) is 19.4 Å². The summed E-state index contributed by atoms with van der Waals surface area (Å²) in [6.07, 6.45) is 2.20. The van der Waals surface area contributed by atoms with Gasteiger partial charge in [0.1, 0.15) is 11.6 Å². The van der Waals surface area contributed by atoms with Gasteiger partial charge >= 0.3 is 0 Å². The highest BCUT2D eigenvalue weighted by molar-refractivity contribution is 5.95. The summed E-state index contributed by atoms with van der Waals surface area (Å²) in [5.41, 5.74) is 1.59. The van der Waals surface area contributed by atoms with E-state index in [1.54, 1.807) is 42.7 Å². The Kier molecular flexibility index (Phi) is 5.20. The van der Waals surface area contributed by atoms with Crippen LogP contribution in [0.4, 0.5) is 4.39 Å². The van der Waals surface area contributed by atoms with Gasteiger partial charge < -0.3 is 14.3 Å². The molecule has 1 atom stereocenters. The number of amides is 1. The number of rotatable bonds is 6. The number of benzene rings is 2. The summed E-state index contributed by atoms with van der Waals surface area (Å²) in [5.74, 6) is 0.748. The third-order valence-electron chi connectivity index (χ3n) is 4.35. The van der Waals surface area contributed by atoms with Crippen LogP contribution in [0.3, 0.4) is 0 Å². The van der Waals surface area contributed by atoms with Crippen molar-refractivity contribution < 1.29 is 18.1 Å². The number of hydrogen-bond acceptors (Lipinski definition) is 5. The molecule has 0 radical (unpaired) electrons. The fourth-order valence-electron chi connectivity index (χ4n) is 2.97. The van der Waals surface area contributed by atoms with Gasteiger partial charge in [0.15, 0.2) is 0 Å². The first-order chi connectivity index (χ1) is 14.1. The van der Waals surface area contributed by atoms with E-state index in [0.29, 0.717) is 23.1 Å². The molecule has 1 N–H and O–H groups in total. The lowest BCUT2D eigenvalue weighted by Crippen LogP contribution is -2.33. The predicted molar refractivity (Wildman–Crippen MR) is 104 cm³/mol. The first kappa shape index (κ1) is 18.6. The molecule has 146 valence electrons. The number of nitrogens with one attached hydrogen (secondary N) is 1. The molecule has 6 nitrogen and oxygen atoms in total. The van der Waals surface area contributed by atoms with E-state index in [1.165, 1.54) is 12.1 Å². The summed E-state index contributed by atoms with van der Waals surface area (Å²) in [5, 5.41) is 6.85. The van der Waals surface area contributed by atoms with Crippen LogP contribution in [0.2, 0.25) is 0 Å². The molecular formula is C22H18FN3O3. The molecule has 2 heterocycles. The standard InChI is InChI=1S/C22H18FN3O3/c1-14(11-19-9-4-10-28-19)24-21(27)16-6-2-7-17(12-16)22-25-20(26-29-22)15-5-3-8-18(23)13-15/h2-10,12-14H,11H2,1H3,(H,24,27)/t14-/m0/s1. The van der Waals surface area contributed by atoms with Crippen molar-refractivity contribution in [1.29, 1.82) is 0 Å². The third kappa shape index (κ3) is 4.40. The minimum atomic E-state index is -0.379. The minimum absolute atomic E-state index is 0.0970. The van der Waals surface area contributed by atoms with Crippen LogP contribution >= 0.6 is 0 Å². The van der Waals surface area contributed by atoms with E-state index in [9.17, 15) is 9.18 Å². The molecule has 2 aromatic heterocycles. The second-order valence-corrected chi connectivity index (χ2v) is 6.67. The van der Waals surface area contributed by atoms with Crippen molar-refractivity contribution in [2.75, 3.05) is 0 Å². The Bertz CT molecular complexity index is 1120. The Hall–Kier alpha value is -3.74. The molecule has 0 unspecified atom stereocenters. The minimum Gasteiger partial charge on any atom is -0.469 e. The highest BCUT2D eigenvalue weighted by atomic mass is 19.1. The van der Waals surface area contributed by atoms with Crippen molar-refractivity contribution in [3.8, 4) is 22.8 Å². The number of hydrogen-bond donors (Lipinski definition) is 1. The first-order valence-electron chi connectivity index (χ1n) is 9.12. The topological polar surface area (TPSA) is 81.2 Å². The van der Waals surface area contributed by atoms with Gasteiger partial charge in [0, 0.05) is 29.2 Å². The Labute approximate surface area is 166 Å². The maximum absolute atomic E-state index is 13.4. The smallest absolute Gasteiger partial charge is 0.258 e. The van der Waals surface area contributed by atoms with E-state index in [4.69, 9.17) is 8.94 Å². The van der Waals surface area contributed by atoms with Crippen molar-refractivity contribution in [3.05, 3.63) is 84.1 Å². The van der Waals surface area contributed by atoms with Gasteiger partial charge in [-0.2, -0.15) is 4.98 Å². The maximum atomic E-state index is 13.4. The third-order valence-corrected chi connectivity index (χ3v) is 4.35. The summed E-state index contributed by atoms with van der Waals surface area (Å²) in [6, 6.07) is 16.4.